The van der Waals surface area contributed by atoms with Gasteiger partial charge >= 0.3 is 5.97 Å². The second-order valence-electron chi connectivity index (χ2n) is 5.89. The van der Waals surface area contributed by atoms with Crippen LogP contribution in [0.2, 0.25) is 0 Å². The molecule has 18 heavy (non-hydrogen) atoms. The van der Waals surface area contributed by atoms with Crippen LogP contribution < -0.4 is 0 Å². The summed E-state index contributed by atoms with van der Waals surface area (Å²) in [5.74, 6) is -0.679. The first-order valence-electron chi connectivity index (χ1n) is 7.36. The topological polar surface area (TPSA) is 57.5 Å². The van der Waals surface area contributed by atoms with E-state index in [9.17, 15) is 9.90 Å². The molecule has 0 rings (SSSR count). The van der Waals surface area contributed by atoms with Crippen molar-refractivity contribution in [2.24, 2.45) is 0 Å². The molecular formula is C15H30O3. The van der Waals surface area contributed by atoms with Crippen LogP contribution in [0, 0.1) is 0 Å². The van der Waals surface area contributed by atoms with Crippen molar-refractivity contribution in [3.05, 3.63) is 0 Å². The normalized spacial score (nSPS) is 11.7. The average molecular weight is 258 g/mol. The zero-order chi connectivity index (χ0) is 13.9. The van der Waals surface area contributed by atoms with Crippen LogP contribution in [-0.2, 0) is 4.79 Å². The molecule has 0 amide bonds. The summed E-state index contributed by atoms with van der Waals surface area (Å²) in [6.45, 7) is 3.73. The Labute approximate surface area is 112 Å². The van der Waals surface area contributed by atoms with Gasteiger partial charge in [-0.1, -0.05) is 51.4 Å². The minimum Gasteiger partial charge on any atom is -0.481 e. The molecule has 0 aromatic rings. The number of carboxylic acid groups (broad SMARTS) is 1. The maximum atomic E-state index is 10.3. The van der Waals surface area contributed by atoms with Gasteiger partial charge < -0.3 is 10.2 Å². The summed E-state index contributed by atoms with van der Waals surface area (Å²) in [6.07, 6.45) is 11.6. The summed E-state index contributed by atoms with van der Waals surface area (Å²) in [5.41, 5.74) is -0.510. The molecule has 0 spiro atoms. The Morgan fingerprint density at radius 3 is 1.61 bits per heavy atom. The first kappa shape index (κ1) is 17.4. The van der Waals surface area contributed by atoms with Crippen molar-refractivity contribution in [3.63, 3.8) is 0 Å². The standard InChI is InChI=1S/C15H30O3/c1-15(2,18)13-11-9-7-5-3-4-6-8-10-12-14(16)17/h18H,3-13H2,1-2H3,(H,16,17). The minimum atomic E-state index is -0.679. The fourth-order valence-electron chi connectivity index (χ4n) is 2.07. The molecule has 0 aromatic heterocycles. The third kappa shape index (κ3) is 15.4. The molecule has 2 N–H and O–H groups in total. The molecule has 3 nitrogen and oxygen atoms in total. The fraction of sp³-hybridized carbons (Fsp3) is 0.933. The monoisotopic (exact) mass is 258 g/mol. The van der Waals surface area contributed by atoms with Crippen molar-refractivity contribution in [3.8, 4) is 0 Å². The highest BCUT2D eigenvalue weighted by Crippen LogP contribution is 2.15. The maximum absolute atomic E-state index is 10.3. The van der Waals surface area contributed by atoms with E-state index in [0.29, 0.717) is 6.42 Å². The van der Waals surface area contributed by atoms with Crippen LogP contribution in [0.1, 0.15) is 84.5 Å². The van der Waals surface area contributed by atoms with E-state index in [1.165, 1.54) is 32.1 Å². The van der Waals surface area contributed by atoms with Crippen molar-refractivity contribution in [1.29, 1.82) is 0 Å². The number of hydrogen-bond acceptors (Lipinski definition) is 2. The molecule has 0 heterocycles. The summed E-state index contributed by atoms with van der Waals surface area (Å²) >= 11 is 0. The molecule has 3 heteroatoms. The lowest BCUT2D eigenvalue weighted by Crippen LogP contribution is -2.17. The Kier molecular flexibility index (Phi) is 10.0. The van der Waals surface area contributed by atoms with Gasteiger partial charge in [-0.05, 0) is 26.7 Å². The number of hydrogen-bond donors (Lipinski definition) is 2. The molecule has 0 aromatic carbocycles. The van der Waals surface area contributed by atoms with E-state index in [-0.39, 0.29) is 0 Å². The zero-order valence-corrected chi connectivity index (χ0v) is 12.1. The van der Waals surface area contributed by atoms with Crippen molar-refractivity contribution in [2.45, 2.75) is 90.1 Å². The highest BCUT2D eigenvalue weighted by molar-refractivity contribution is 5.66. The van der Waals surface area contributed by atoms with E-state index in [1.807, 2.05) is 13.8 Å². The maximum Gasteiger partial charge on any atom is 0.303 e. The van der Waals surface area contributed by atoms with Crippen LogP contribution in [0.15, 0.2) is 0 Å². The largest absolute Gasteiger partial charge is 0.481 e. The van der Waals surface area contributed by atoms with Gasteiger partial charge in [0.15, 0.2) is 0 Å². The minimum absolute atomic E-state index is 0.316. The molecule has 108 valence electrons. The SMILES string of the molecule is CC(C)(O)CCCCCCCCCCCC(=O)O. The molecule has 0 atom stereocenters. The van der Waals surface area contributed by atoms with Crippen LogP contribution in [0.4, 0.5) is 0 Å². The van der Waals surface area contributed by atoms with E-state index >= 15 is 0 Å². The summed E-state index contributed by atoms with van der Waals surface area (Å²) in [5, 5.41) is 18.0. The van der Waals surface area contributed by atoms with Gasteiger partial charge in [0.05, 0.1) is 5.60 Å². The van der Waals surface area contributed by atoms with Crippen LogP contribution in [-0.4, -0.2) is 21.8 Å². The van der Waals surface area contributed by atoms with Gasteiger partial charge in [0.1, 0.15) is 0 Å². The molecule has 0 bridgehead atoms. The summed E-state index contributed by atoms with van der Waals surface area (Å²) < 4.78 is 0. The highest BCUT2D eigenvalue weighted by atomic mass is 16.4. The molecule has 0 unspecified atom stereocenters. The van der Waals surface area contributed by atoms with E-state index in [0.717, 1.165) is 32.1 Å². The van der Waals surface area contributed by atoms with Crippen LogP contribution in [0.5, 0.6) is 0 Å². The first-order chi connectivity index (χ1) is 8.42. The lowest BCUT2D eigenvalue weighted by atomic mass is 9.99. The molecule has 0 aliphatic heterocycles. The highest BCUT2D eigenvalue weighted by Gasteiger charge is 2.10. The van der Waals surface area contributed by atoms with Gasteiger partial charge in [-0.2, -0.15) is 0 Å². The van der Waals surface area contributed by atoms with Crippen molar-refractivity contribution < 1.29 is 15.0 Å². The Hall–Kier alpha value is -0.570. The number of carboxylic acids is 1. The Balaban J connectivity index is 3.06. The summed E-state index contributed by atoms with van der Waals surface area (Å²) in [6, 6.07) is 0. The lowest BCUT2D eigenvalue weighted by Gasteiger charge is -2.16. The summed E-state index contributed by atoms with van der Waals surface area (Å²) in [4.78, 5) is 10.3. The van der Waals surface area contributed by atoms with Gasteiger partial charge in [0.25, 0.3) is 0 Å². The van der Waals surface area contributed by atoms with Crippen LogP contribution in [0.3, 0.4) is 0 Å². The Morgan fingerprint density at radius 2 is 1.22 bits per heavy atom. The van der Waals surface area contributed by atoms with Crippen LogP contribution >= 0.6 is 0 Å². The van der Waals surface area contributed by atoms with Gasteiger partial charge in [0.2, 0.25) is 0 Å². The zero-order valence-electron chi connectivity index (χ0n) is 12.1. The number of rotatable bonds is 12. The van der Waals surface area contributed by atoms with E-state index in [2.05, 4.69) is 0 Å². The van der Waals surface area contributed by atoms with Gasteiger partial charge in [-0.15, -0.1) is 0 Å². The van der Waals surface area contributed by atoms with E-state index in [1.54, 1.807) is 0 Å². The molecule has 0 fully saturated rings. The van der Waals surface area contributed by atoms with E-state index < -0.39 is 11.6 Å². The van der Waals surface area contributed by atoms with Crippen molar-refractivity contribution >= 4 is 5.97 Å². The quantitative estimate of drug-likeness (QED) is 0.517. The second-order valence-corrected chi connectivity index (χ2v) is 5.89. The predicted molar refractivity (Wildman–Crippen MR) is 74.7 cm³/mol. The lowest BCUT2D eigenvalue weighted by molar-refractivity contribution is -0.137. The molecule has 0 saturated heterocycles. The molecule has 0 saturated carbocycles. The van der Waals surface area contributed by atoms with Crippen LogP contribution in [0.25, 0.3) is 0 Å². The molecule has 0 aliphatic rings. The number of aliphatic carboxylic acids is 1. The number of aliphatic hydroxyl groups is 1. The predicted octanol–water partition coefficient (Wildman–Crippen LogP) is 4.13. The molecule has 0 aliphatic carbocycles. The number of unbranched alkanes of at least 4 members (excludes halogenated alkanes) is 8. The van der Waals surface area contributed by atoms with E-state index in [4.69, 9.17) is 5.11 Å². The first-order valence-corrected chi connectivity index (χ1v) is 7.36. The Morgan fingerprint density at radius 1 is 0.833 bits per heavy atom. The van der Waals surface area contributed by atoms with Gasteiger partial charge in [-0.3, -0.25) is 4.79 Å². The van der Waals surface area contributed by atoms with Crippen molar-refractivity contribution in [1.82, 2.24) is 0 Å². The smallest absolute Gasteiger partial charge is 0.303 e. The van der Waals surface area contributed by atoms with Crippen molar-refractivity contribution in [2.75, 3.05) is 0 Å². The molecule has 0 radical (unpaired) electrons. The average Bonchev–Trinajstić information content (AvgIpc) is 2.24. The Bertz CT molecular complexity index is 206. The second kappa shape index (κ2) is 10.4. The third-order valence-corrected chi connectivity index (χ3v) is 3.18. The third-order valence-electron chi connectivity index (χ3n) is 3.18. The van der Waals surface area contributed by atoms with Gasteiger partial charge in [-0.25, -0.2) is 0 Å². The fourth-order valence-corrected chi connectivity index (χ4v) is 2.07. The summed E-state index contributed by atoms with van der Waals surface area (Å²) in [7, 11) is 0. The molecular weight excluding hydrogens is 228 g/mol. The number of carbonyl (C=O) groups is 1. The van der Waals surface area contributed by atoms with Gasteiger partial charge in [0, 0.05) is 6.42 Å².